The zero-order chi connectivity index (χ0) is 7.98. The molecule has 0 saturated heterocycles. The quantitative estimate of drug-likeness (QED) is 0.568. The van der Waals surface area contributed by atoms with Gasteiger partial charge in [0.05, 0.1) is 0 Å². The third kappa shape index (κ3) is 5.15. The van der Waals surface area contributed by atoms with Crippen molar-refractivity contribution in [3.63, 3.8) is 0 Å². The van der Waals surface area contributed by atoms with Gasteiger partial charge in [0.25, 0.3) is 0 Å². The van der Waals surface area contributed by atoms with Crippen molar-refractivity contribution in [1.82, 2.24) is 10.2 Å². The first-order valence-corrected chi connectivity index (χ1v) is 3.21. The Kier molecular flexibility index (Phi) is 4.37. The molecule has 3 nitrogen and oxygen atoms in total. The third-order valence-electron chi connectivity index (χ3n) is 1.00. The number of nitrogens with one attached hydrogen (secondary N) is 1. The monoisotopic (exact) mass is 142 g/mol. The number of carbonyl (C=O) groups is 1. The summed E-state index contributed by atoms with van der Waals surface area (Å²) in [5, 5.41) is 2.61. The third-order valence-corrected chi connectivity index (χ3v) is 1.00. The Balaban J connectivity index is 3.54. The number of hydrogen-bond donors (Lipinski definition) is 1. The van der Waals surface area contributed by atoms with Gasteiger partial charge in [-0.05, 0) is 19.2 Å². The normalized spacial score (nSPS) is 13.1. The fraction of sp³-hybridized carbons (Fsp3) is 0.571. The highest BCUT2D eigenvalue weighted by atomic mass is 16.1. The molecule has 1 unspecified atom stereocenters. The van der Waals surface area contributed by atoms with Crippen molar-refractivity contribution in [2.24, 2.45) is 0 Å². The van der Waals surface area contributed by atoms with Crippen LogP contribution in [0.3, 0.4) is 0 Å². The molecule has 0 aliphatic rings. The predicted octanol–water partition coefficient (Wildman–Crippen LogP) is 0.196. The molecule has 0 heterocycles. The second-order valence-corrected chi connectivity index (χ2v) is 2.38. The highest BCUT2D eigenvalue weighted by molar-refractivity contribution is 5.47. The molecule has 58 valence electrons. The fourth-order valence-corrected chi connectivity index (χ4v) is 0.464. The molecule has 3 heteroatoms. The lowest BCUT2D eigenvalue weighted by atomic mass is 10.3. The first-order valence-electron chi connectivity index (χ1n) is 3.21. The van der Waals surface area contributed by atoms with Crippen LogP contribution >= 0.6 is 0 Å². The summed E-state index contributed by atoms with van der Waals surface area (Å²) in [5.74, 6) is 0. The molecule has 0 bridgehead atoms. The Bertz CT molecular complexity index is 121. The van der Waals surface area contributed by atoms with Crippen molar-refractivity contribution in [2.75, 3.05) is 14.1 Å². The zero-order valence-electron chi connectivity index (χ0n) is 6.66. The number of carbonyl (C=O) groups excluding carboxylic acids is 1. The van der Waals surface area contributed by atoms with Crippen LogP contribution in [0.4, 0.5) is 0 Å². The maximum absolute atomic E-state index is 9.90. The molecule has 1 amide bonds. The van der Waals surface area contributed by atoms with Crippen LogP contribution in [-0.2, 0) is 4.79 Å². The molecule has 10 heavy (non-hydrogen) atoms. The van der Waals surface area contributed by atoms with Crippen LogP contribution in [-0.4, -0.2) is 31.4 Å². The fourth-order valence-electron chi connectivity index (χ4n) is 0.464. The van der Waals surface area contributed by atoms with E-state index < -0.39 is 0 Å². The molecule has 0 radical (unpaired) electrons. The summed E-state index contributed by atoms with van der Waals surface area (Å²) in [6.07, 6.45) is 4.51. The number of rotatable bonds is 4. The highest BCUT2D eigenvalue weighted by Gasteiger charge is 1.89. The van der Waals surface area contributed by atoms with E-state index in [1.807, 2.05) is 38.2 Å². The first-order chi connectivity index (χ1) is 4.66. The Morgan fingerprint density at radius 3 is 2.50 bits per heavy atom. The van der Waals surface area contributed by atoms with E-state index in [1.54, 1.807) is 0 Å². The second-order valence-electron chi connectivity index (χ2n) is 2.38. The van der Waals surface area contributed by atoms with Crippen molar-refractivity contribution in [2.45, 2.75) is 13.0 Å². The van der Waals surface area contributed by atoms with Crippen LogP contribution in [0.5, 0.6) is 0 Å². The largest absolute Gasteiger partial charge is 0.384 e. The van der Waals surface area contributed by atoms with Crippen LogP contribution in [0.1, 0.15) is 6.92 Å². The van der Waals surface area contributed by atoms with Gasteiger partial charge < -0.3 is 10.2 Å². The lowest BCUT2D eigenvalue weighted by molar-refractivity contribution is -0.109. The van der Waals surface area contributed by atoms with Crippen LogP contribution in [0.15, 0.2) is 12.3 Å². The Labute approximate surface area is 61.7 Å². The molecule has 0 saturated carbocycles. The standard InChI is InChI=1S/C7H14N2O/c1-7(8-6-10)4-5-9(2)3/h4-7H,1-3H3,(H,8,10)/b5-4-. The second kappa shape index (κ2) is 4.85. The summed E-state index contributed by atoms with van der Waals surface area (Å²) in [5.41, 5.74) is 0. The Morgan fingerprint density at radius 1 is 1.50 bits per heavy atom. The van der Waals surface area contributed by atoms with Crippen molar-refractivity contribution in [3.05, 3.63) is 12.3 Å². The minimum absolute atomic E-state index is 0.111. The van der Waals surface area contributed by atoms with Gasteiger partial charge in [-0.1, -0.05) is 0 Å². The van der Waals surface area contributed by atoms with Crippen LogP contribution in [0.2, 0.25) is 0 Å². The van der Waals surface area contributed by atoms with E-state index in [0.29, 0.717) is 6.41 Å². The van der Waals surface area contributed by atoms with Gasteiger partial charge in [-0.2, -0.15) is 0 Å². The topological polar surface area (TPSA) is 32.3 Å². The molecule has 0 spiro atoms. The lowest BCUT2D eigenvalue weighted by Crippen LogP contribution is -2.22. The van der Waals surface area contributed by atoms with Gasteiger partial charge in [0.15, 0.2) is 0 Å². The molecule has 0 rings (SSSR count). The van der Waals surface area contributed by atoms with Crippen molar-refractivity contribution >= 4 is 6.41 Å². The number of nitrogens with zero attached hydrogens (tertiary/aromatic N) is 1. The Morgan fingerprint density at radius 2 is 2.10 bits per heavy atom. The molecule has 1 atom stereocenters. The number of hydrogen-bond acceptors (Lipinski definition) is 2. The summed E-state index contributed by atoms with van der Waals surface area (Å²) in [6.45, 7) is 1.91. The average Bonchev–Trinajstić information content (AvgIpc) is 1.85. The van der Waals surface area contributed by atoms with Gasteiger partial charge in [-0.15, -0.1) is 0 Å². The molecule has 0 aliphatic carbocycles. The molecular weight excluding hydrogens is 128 g/mol. The van der Waals surface area contributed by atoms with E-state index in [-0.39, 0.29) is 6.04 Å². The maximum atomic E-state index is 9.90. The summed E-state index contributed by atoms with van der Waals surface area (Å²) >= 11 is 0. The predicted molar refractivity (Wildman–Crippen MR) is 41.5 cm³/mol. The summed E-state index contributed by atoms with van der Waals surface area (Å²) in [7, 11) is 3.87. The molecular formula is C7H14N2O. The summed E-state index contributed by atoms with van der Waals surface area (Å²) < 4.78 is 0. The van der Waals surface area contributed by atoms with Crippen molar-refractivity contribution in [1.29, 1.82) is 0 Å². The van der Waals surface area contributed by atoms with E-state index in [0.717, 1.165) is 0 Å². The van der Waals surface area contributed by atoms with Crippen LogP contribution in [0, 0.1) is 0 Å². The molecule has 0 fully saturated rings. The molecule has 1 N–H and O–H groups in total. The van der Waals surface area contributed by atoms with Gasteiger partial charge >= 0.3 is 0 Å². The van der Waals surface area contributed by atoms with Crippen LogP contribution in [0.25, 0.3) is 0 Å². The van der Waals surface area contributed by atoms with E-state index in [4.69, 9.17) is 0 Å². The summed E-state index contributed by atoms with van der Waals surface area (Å²) in [6, 6.07) is 0.111. The zero-order valence-corrected chi connectivity index (χ0v) is 6.66. The van der Waals surface area contributed by atoms with Crippen molar-refractivity contribution in [3.8, 4) is 0 Å². The molecule has 0 aromatic carbocycles. The first kappa shape index (κ1) is 9.01. The van der Waals surface area contributed by atoms with Gasteiger partial charge in [0, 0.05) is 20.1 Å². The summed E-state index contributed by atoms with van der Waals surface area (Å²) in [4.78, 5) is 11.8. The number of amides is 1. The van der Waals surface area contributed by atoms with Gasteiger partial charge in [0.1, 0.15) is 0 Å². The highest BCUT2D eigenvalue weighted by Crippen LogP contribution is 1.83. The van der Waals surface area contributed by atoms with Crippen molar-refractivity contribution < 1.29 is 4.79 Å². The van der Waals surface area contributed by atoms with E-state index >= 15 is 0 Å². The molecule has 0 aliphatic heterocycles. The van der Waals surface area contributed by atoms with Gasteiger partial charge in [0.2, 0.25) is 6.41 Å². The smallest absolute Gasteiger partial charge is 0.207 e. The minimum atomic E-state index is 0.111. The minimum Gasteiger partial charge on any atom is -0.384 e. The van der Waals surface area contributed by atoms with E-state index in [1.165, 1.54) is 0 Å². The Hall–Kier alpha value is -0.990. The lowest BCUT2D eigenvalue weighted by Gasteiger charge is -2.06. The SMILES string of the molecule is CC(/C=C\N(C)C)NC=O. The van der Waals surface area contributed by atoms with Gasteiger partial charge in [-0.25, -0.2) is 0 Å². The van der Waals surface area contributed by atoms with E-state index in [9.17, 15) is 4.79 Å². The molecule has 0 aromatic heterocycles. The van der Waals surface area contributed by atoms with E-state index in [2.05, 4.69) is 5.32 Å². The molecule has 0 aromatic rings. The van der Waals surface area contributed by atoms with Crippen LogP contribution < -0.4 is 5.32 Å². The average molecular weight is 142 g/mol. The van der Waals surface area contributed by atoms with Gasteiger partial charge in [-0.3, -0.25) is 4.79 Å². The maximum Gasteiger partial charge on any atom is 0.207 e.